The van der Waals surface area contributed by atoms with Crippen molar-refractivity contribution in [1.29, 1.82) is 0 Å². The highest BCUT2D eigenvalue weighted by molar-refractivity contribution is 9.10. The van der Waals surface area contributed by atoms with E-state index in [9.17, 15) is 0 Å². The molecule has 0 saturated carbocycles. The first-order valence-electron chi connectivity index (χ1n) is 2.97. The highest BCUT2D eigenvalue weighted by Crippen LogP contribution is 2.28. The van der Waals surface area contributed by atoms with E-state index in [2.05, 4.69) is 20.9 Å². The second-order valence-electron chi connectivity index (χ2n) is 2.08. The van der Waals surface area contributed by atoms with E-state index in [1.807, 2.05) is 18.2 Å². The molecule has 2 rings (SSSR count). The monoisotopic (exact) mass is 247 g/mol. The zero-order valence-corrected chi connectivity index (χ0v) is 8.50. The smallest absolute Gasteiger partial charge is 0.126 e. The van der Waals surface area contributed by atoms with Gasteiger partial charge in [-0.2, -0.15) is 0 Å². The summed E-state index contributed by atoms with van der Waals surface area (Å²) in [4.78, 5) is 5.22. The number of hydrogen-bond donors (Lipinski definition) is 0. The zero-order chi connectivity index (χ0) is 7.84. The molecule has 1 nitrogen and oxygen atoms in total. The fourth-order valence-corrected chi connectivity index (χ4v) is 2.39. The van der Waals surface area contributed by atoms with Gasteiger partial charge >= 0.3 is 0 Å². The quantitative estimate of drug-likeness (QED) is 0.648. The van der Waals surface area contributed by atoms with Crippen molar-refractivity contribution in [3.8, 4) is 0 Å². The van der Waals surface area contributed by atoms with Crippen LogP contribution in [-0.4, -0.2) is 4.98 Å². The van der Waals surface area contributed by atoms with Gasteiger partial charge in [0.15, 0.2) is 0 Å². The third-order valence-electron chi connectivity index (χ3n) is 1.32. The maximum atomic E-state index is 5.80. The van der Waals surface area contributed by atoms with Crippen molar-refractivity contribution in [2.75, 3.05) is 0 Å². The molecule has 2 aromatic heterocycles. The molecule has 0 radical (unpaired) electrons. The summed E-state index contributed by atoms with van der Waals surface area (Å²) in [6.45, 7) is 0. The molecule has 0 aliphatic carbocycles. The maximum Gasteiger partial charge on any atom is 0.126 e. The molecular formula is C7H3BrClNS. The van der Waals surface area contributed by atoms with Crippen molar-refractivity contribution >= 4 is 49.1 Å². The molecule has 0 aromatic carbocycles. The maximum absolute atomic E-state index is 5.80. The molecule has 56 valence electrons. The Morgan fingerprint density at radius 2 is 2.27 bits per heavy atom. The van der Waals surface area contributed by atoms with Crippen LogP contribution in [0.5, 0.6) is 0 Å². The number of fused-ring (bicyclic) bond motifs is 1. The average Bonchev–Trinajstić information content (AvgIpc) is 2.27. The van der Waals surface area contributed by atoms with Gasteiger partial charge in [-0.05, 0) is 34.1 Å². The van der Waals surface area contributed by atoms with E-state index in [1.54, 1.807) is 0 Å². The molecule has 0 aliphatic heterocycles. The zero-order valence-electron chi connectivity index (χ0n) is 5.34. The number of nitrogens with zero attached hydrogens (tertiary/aromatic N) is 1. The highest BCUT2D eigenvalue weighted by Gasteiger charge is 2.00. The molecule has 0 atom stereocenters. The molecule has 4 heteroatoms. The van der Waals surface area contributed by atoms with E-state index in [4.69, 9.17) is 11.6 Å². The predicted octanol–water partition coefficient (Wildman–Crippen LogP) is 3.71. The second kappa shape index (κ2) is 2.73. The van der Waals surface area contributed by atoms with Crippen molar-refractivity contribution in [3.05, 3.63) is 27.1 Å². The van der Waals surface area contributed by atoms with Crippen molar-refractivity contribution in [2.24, 2.45) is 0 Å². The van der Waals surface area contributed by atoms with E-state index in [1.165, 1.54) is 11.3 Å². The summed E-state index contributed by atoms with van der Waals surface area (Å²) in [6.07, 6.45) is 0. The minimum atomic E-state index is 0.783. The molecular weight excluding hydrogens is 246 g/mol. The molecule has 0 bridgehead atoms. The van der Waals surface area contributed by atoms with Crippen LogP contribution in [0.1, 0.15) is 0 Å². The van der Waals surface area contributed by atoms with Gasteiger partial charge in [-0.3, -0.25) is 0 Å². The molecule has 0 spiro atoms. The lowest BCUT2D eigenvalue weighted by atomic mass is 10.4. The van der Waals surface area contributed by atoms with Gasteiger partial charge in [0, 0.05) is 5.39 Å². The lowest BCUT2D eigenvalue weighted by Crippen LogP contribution is -1.70. The summed E-state index contributed by atoms with van der Waals surface area (Å²) in [5, 5.41) is 1.10. The third kappa shape index (κ3) is 1.41. The summed E-state index contributed by atoms with van der Waals surface area (Å²) >= 11 is 10.6. The lowest BCUT2D eigenvalue weighted by Gasteiger charge is -1.87. The van der Waals surface area contributed by atoms with E-state index in [0.717, 1.165) is 19.2 Å². The molecule has 0 saturated heterocycles. The minimum absolute atomic E-state index is 0.783. The van der Waals surface area contributed by atoms with Gasteiger partial charge in [0.05, 0.1) is 4.34 Å². The summed E-state index contributed by atoms with van der Waals surface area (Å²) in [7, 11) is 0. The standard InChI is InChI=1S/C7H3BrClNS/c8-5-2-1-4-3-6(9)11-7(4)10-5/h1-3H. The largest absolute Gasteiger partial charge is 0.230 e. The minimum Gasteiger partial charge on any atom is -0.230 e. The Hall–Kier alpha value is -0.120. The molecule has 0 unspecified atom stereocenters. The van der Waals surface area contributed by atoms with Crippen molar-refractivity contribution < 1.29 is 0 Å². The van der Waals surface area contributed by atoms with Crippen LogP contribution in [-0.2, 0) is 0 Å². The van der Waals surface area contributed by atoms with Crippen molar-refractivity contribution in [1.82, 2.24) is 4.98 Å². The normalized spacial score (nSPS) is 10.7. The van der Waals surface area contributed by atoms with Crippen LogP contribution in [0.25, 0.3) is 10.2 Å². The van der Waals surface area contributed by atoms with Gasteiger partial charge in [0.1, 0.15) is 9.43 Å². The fraction of sp³-hybridized carbons (Fsp3) is 0. The molecule has 11 heavy (non-hydrogen) atoms. The Morgan fingerprint density at radius 3 is 3.09 bits per heavy atom. The first-order chi connectivity index (χ1) is 5.25. The highest BCUT2D eigenvalue weighted by atomic mass is 79.9. The van der Waals surface area contributed by atoms with Gasteiger partial charge in [0.25, 0.3) is 0 Å². The summed E-state index contributed by atoms with van der Waals surface area (Å²) in [6, 6.07) is 5.82. The van der Waals surface area contributed by atoms with Crippen LogP contribution in [0, 0.1) is 0 Å². The molecule has 2 aromatic rings. The van der Waals surface area contributed by atoms with E-state index < -0.39 is 0 Å². The topological polar surface area (TPSA) is 12.9 Å². The number of aromatic nitrogens is 1. The van der Waals surface area contributed by atoms with Crippen LogP contribution in [0.15, 0.2) is 22.8 Å². The van der Waals surface area contributed by atoms with Gasteiger partial charge in [-0.15, -0.1) is 11.3 Å². The van der Waals surface area contributed by atoms with Crippen LogP contribution in [0.4, 0.5) is 0 Å². The molecule has 0 amide bonds. The number of rotatable bonds is 0. The molecule has 0 aliphatic rings. The lowest BCUT2D eigenvalue weighted by molar-refractivity contribution is 1.38. The van der Waals surface area contributed by atoms with E-state index in [0.29, 0.717) is 0 Å². The van der Waals surface area contributed by atoms with Gasteiger partial charge in [-0.25, -0.2) is 4.98 Å². The van der Waals surface area contributed by atoms with E-state index in [-0.39, 0.29) is 0 Å². The van der Waals surface area contributed by atoms with E-state index >= 15 is 0 Å². The van der Waals surface area contributed by atoms with Crippen LogP contribution < -0.4 is 0 Å². The first-order valence-corrected chi connectivity index (χ1v) is 4.96. The van der Waals surface area contributed by atoms with Gasteiger partial charge in [0.2, 0.25) is 0 Å². The van der Waals surface area contributed by atoms with Crippen LogP contribution >= 0.6 is 38.9 Å². The Kier molecular flexibility index (Phi) is 1.87. The Balaban J connectivity index is 2.82. The third-order valence-corrected chi connectivity index (χ3v) is 2.93. The van der Waals surface area contributed by atoms with Crippen molar-refractivity contribution in [2.45, 2.75) is 0 Å². The first kappa shape index (κ1) is 7.53. The van der Waals surface area contributed by atoms with Crippen LogP contribution in [0.2, 0.25) is 4.34 Å². The van der Waals surface area contributed by atoms with Crippen molar-refractivity contribution in [3.63, 3.8) is 0 Å². The van der Waals surface area contributed by atoms with Gasteiger partial charge < -0.3 is 0 Å². The van der Waals surface area contributed by atoms with Gasteiger partial charge in [-0.1, -0.05) is 11.6 Å². The summed E-state index contributed by atoms with van der Waals surface area (Å²) in [5.74, 6) is 0. The molecule has 0 fully saturated rings. The Bertz CT molecular complexity index is 398. The SMILES string of the molecule is Clc1cc2ccc(Br)nc2s1. The second-order valence-corrected chi connectivity index (χ2v) is 4.55. The molecule has 2 heterocycles. The summed E-state index contributed by atoms with van der Waals surface area (Å²) < 4.78 is 1.63. The Morgan fingerprint density at radius 1 is 1.45 bits per heavy atom. The Labute approximate surface area is 81.1 Å². The van der Waals surface area contributed by atoms with Crippen LogP contribution in [0.3, 0.4) is 0 Å². The predicted molar refractivity (Wildman–Crippen MR) is 52.3 cm³/mol. The average molecular weight is 249 g/mol. The molecule has 0 N–H and O–H groups in total. The number of pyridine rings is 1. The fourth-order valence-electron chi connectivity index (χ4n) is 0.864. The number of thiophene rings is 1. The number of halogens is 2. The summed E-state index contributed by atoms with van der Waals surface area (Å²) in [5.41, 5.74) is 0. The number of hydrogen-bond acceptors (Lipinski definition) is 2.